The molecule has 0 saturated heterocycles. The van der Waals surface area contributed by atoms with Crippen LogP contribution in [-0.2, 0) is 0 Å². The Bertz CT molecular complexity index is 1020. The van der Waals surface area contributed by atoms with E-state index in [0.29, 0.717) is 29.3 Å². The highest BCUT2D eigenvalue weighted by atomic mass is 32.1. The van der Waals surface area contributed by atoms with Gasteiger partial charge >= 0.3 is 0 Å². The van der Waals surface area contributed by atoms with Gasteiger partial charge in [0.25, 0.3) is 11.8 Å². The van der Waals surface area contributed by atoms with Crippen LogP contribution in [0.15, 0.2) is 71.3 Å². The Morgan fingerprint density at radius 1 is 0.966 bits per heavy atom. The minimum atomic E-state index is -0.381. The Morgan fingerprint density at radius 2 is 1.72 bits per heavy atom. The number of thiocarbonyl (C=S) groups is 1. The van der Waals surface area contributed by atoms with Crippen molar-refractivity contribution in [1.82, 2.24) is 5.32 Å². The van der Waals surface area contributed by atoms with Crippen molar-refractivity contribution in [2.45, 2.75) is 6.92 Å². The number of carbonyl (C=O) groups is 2. The van der Waals surface area contributed by atoms with Crippen molar-refractivity contribution in [3.8, 4) is 5.75 Å². The van der Waals surface area contributed by atoms with Crippen molar-refractivity contribution in [2.24, 2.45) is 0 Å². The molecule has 3 N–H and O–H groups in total. The van der Waals surface area contributed by atoms with E-state index < -0.39 is 0 Å². The predicted molar refractivity (Wildman–Crippen MR) is 114 cm³/mol. The summed E-state index contributed by atoms with van der Waals surface area (Å²) in [6.07, 6.45) is 1.43. The van der Waals surface area contributed by atoms with Crippen LogP contribution in [0.1, 0.15) is 27.8 Å². The number of rotatable bonds is 6. The number of hydrogen-bond donors (Lipinski definition) is 3. The fourth-order valence-electron chi connectivity index (χ4n) is 2.54. The van der Waals surface area contributed by atoms with E-state index >= 15 is 0 Å². The van der Waals surface area contributed by atoms with Crippen LogP contribution in [0.2, 0.25) is 0 Å². The van der Waals surface area contributed by atoms with E-state index in [1.165, 1.54) is 6.26 Å². The quantitative estimate of drug-likeness (QED) is 0.532. The van der Waals surface area contributed by atoms with E-state index in [2.05, 4.69) is 16.0 Å². The van der Waals surface area contributed by atoms with Gasteiger partial charge in [0.2, 0.25) is 0 Å². The molecule has 3 rings (SSSR count). The first-order chi connectivity index (χ1) is 14.1. The van der Waals surface area contributed by atoms with Crippen molar-refractivity contribution in [3.63, 3.8) is 0 Å². The third-order valence-electron chi connectivity index (χ3n) is 3.78. The number of anilines is 2. The summed E-state index contributed by atoms with van der Waals surface area (Å²) < 4.78 is 10.5. The summed E-state index contributed by atoms with van der Waals surface area (Å²) in [6, 6.07) is 17.1. The first-order valence-electron chi connectivity index (χ1n) is 8.86. The summed E-state index contributed by atoms with van der Waals surface area (Å²) in [6.45, 7) is 2.29. The zero-order chi connectivity index (χ0) is 20.6. The third-order valence-corrected chi connectivity index (χ3v) is 3.99. The van der Waals surface area contributed by atoms with E-state index in [1.807, 2.05) is 6.92 Å². The van der Waals surface area contributed by atoms with Gasteiger partial charge in [0.1, 0.15) is 5.75 Å². The summed E-state index contributed by atoms with van der Waals surface area (Å²) in [5.41, 5.74) is 1.54. The monoisotopic (exact) mass is 409 g/mol. The van der Waals surface area contributed by atoms with E-state index in [-0.39, 0.29) is 22.7 Å². The Labute approximate surface area is 173 Å². The largest absolute Gasteiger partial charge is 0.493 e. The zero-order valence-electron chi connectivity index (χ0n) is 15.6. The highest BCUT2D eigenvalue weighted by Gasteiger charge is 2.14. The van der Waals surface area contributed by atoms with Crippen molar-refractivity contribution in [3.05, 3.63) is 78.3 Å². The number of nitrogens with one attached hydrogen (secondary N) is 3. The van der Waals surface area contributed by atoms with Crippen LogP contribution in [0.5, 0.6) is 5.75 Å². The molecule has 29 heavy (non-hydrogen) atoms. The topological polar surface area (TPSA) is 92.6 Å². The number of amides is 2. The molecule has 0 fully saturated rings. The standard InChI is InChI=1S/C21H19N3O4S/c1-2-27-17-10-4-3-9-16(17)19(25)24-21(29)23-15-8-5-7-14(13-15)22-20(26)18-11-6-12-28-18/h3-13H,2H2,1H3,(H,22,26)(H2,23,24,25,29). The molecule has 0 radical (unpaired) electrons. The SMILES string of the molecule is CCOc1ccccc1C(=O)NC(=S)Nc1cccc(NC(=O)c2ccco2)c1. The van der Waals surface area contributed by atoms with E-state index in [0.717, 1.165) is 0 Å². The highest BCUT2D eigenvalue weighted by molar-refractivity contribution is 7.80. The fourth-order valence-corrected chi connectivity index (χ4v) is 2.75. The van der Waals surface area contributed by atoms with Gasteiger partial charge in [0.05, 0.1) is 18.4 Å². The van der Waals surface area contributed by atoms with Crippen molar-refractivity contribution in [2.75, 3.05) is 17.2 Å². The maximum absolute atomic E-state index is 12.5. The molecule has 7 nitrogen and oxygen atoms in total. The molecule has 0 unspecified atom stereocenters. The molecule has 0 spiro atoms. The molecule has 0 atom stereocenters. The maximum Gasteiger partial charge on any atom is 0.291 e. The molecule has 2 amide bonds. The zero-order valence-corrected chi connectivity index (χ0v) is 16.4. The number of para-hydroxylation sites is 1. The lowest BCUT2D eigenvalue weighted by Gasteiger charge is -2.13. The van der Waals surface area contributed by atoms with Gasteiger partial charge in [0, 0.05) is 11.4 Å². The normalized spacial score (nSPS) is 10.1. The molecule has 0 aliphatic heterocycles. The average molecular weight is 409 g/mol. The molecule has 3 aromatic rings. The molecule has 0 bridgehead atoms. The molecule has 0 saturated carbocycles. The second-order valence-electron chi connectivity index (χ2n) is 5.85. The smallest absolute Gasteiger partial charge is 0.291 e. The molecule has 2 aromatic carbocycles. The first kappa shape index (κ1) is 20.1. The van der Waals surface area contributed by atoms with Crippen LogP contribution in [0.4, 0.5) is 11.4 Å². The van der Waals surface area contributed by atoms with E-state index in [1.54, 1.807) is 60.7 Å². The van der Waals surface area contributed by atoms with Crippen LogP contribution in [0.3, 0.4) is 0 Å². The summed E-state index contributed by atoms with van der Waals surface area (Å²) in [5, 5.41) is 8.40. The molecule has 0 aliphatic rings. The van der Waals surface area contributed by atoms with Crippen LogP contribution in [-0.4, -0.2) is 23.5 Å². The van der Waals surface area contributed by atoms with Crippen molar-refractivity contribution < 1.29 is 18.7 Å². The number of benzene rings is 2. The first-order valence-corrected chi connectivity index (χ1v) is 9.26. The number of furan rings is 1. The molecular weight excluding hydrogens is 390 g/mol. The Hall–Kier alpha value is -3.65. The van der Waals surface area contributed by atoms with Gasteiger partial charge in [-0.05, 0) is 61.6 Å². The average Bonchev–Trinajstić information content (AvgIpc) is 3.24. The lowest BCUT2D eigenvalue weighted by atomic mass is 10.2. The second-order valence-corrected chi connectivity index (χ2v) is 6.26. The van der Waals surface area contributed by atoms with Crippen molar-refractivity contribution >= 4 is 40.5 Å². The molecule has 8 heteroatoms. The third kappa shape index (κ3) is 5.43. The van der Waals surface area contributed by atoms with Crippen molar-refractivity contribution in [1.29, 1.82) is 0 Å². The summed E-state index contributed by atoms with van der Waals surface area (Å²) in [7, 11) is 0. The maximum atomic E-state index is 12.5. The molecule has 0 aliphatic carbocycles. The highest BCUT2D eigenvalue weighted by Crippen LogP contribution is 2.19. The minimum Gasteiger partial charge on any atom is -0.493 e. The lowest BCUT2D eigenvalue weighted by Crippen LogP contribution is -2.34. The van der Waals surface area contributed by atoms with Crippen LogP contribution >= 0.6 is 12.2 Å². The van der Waals surface area contributed by atoms with Gasteiger partial charge in [-0.15, -0.1) is 0 Å². The van der Waals surface area contributed by atoms with Gasteiger partial charge in [-0.2, -0.15) is 0 Å². The van der Waals surface area contributed by atoms with Crippen LogP contribution < -0.4 is 20.7 Å². The minimum absolute atomic E-state index is 0.121. The van der Waals surface area contributed by atoms with Gasteiger partial charge in [-0.3, -0.25) is 14.9 Å². The van der Waals surface area contributed by atoms with Gasteiger partial charge in [0.15, 0.2) is 10.9 Å². The Balaban J connectivity index is 1.62. The van der Waals surface area contributed by atoms with Gasteiger partial charge in [-0.1, -0.05) is 18.2 Å². The Morgan fingerprint density at radius 3 is 2.45 bits per heavy atom. The molecule has 1 aromatic heterocycles. The van der Waals surface area contributed by atoms with E-state index in [4.69, 9.17) is 21.4 Å². The molecule has 1 heterocycles. The lowest BCUT2D eigenvalue weighted by molar-refractivity contribution is 0.0971. The summed E-state index contributed by atoms with van der Waals surface area (Å²) >= 11 is 5.23. The number of carbonyl (C=O) groups excluding carboxylic acids is 2. The summed E-state index contributed by atoms with van der Waals surface area (Å²) in [5.74, 6) is -0.0542. The summed E-state index contributed by atoms with van der Waals surface area (Å²) in [4.78, 5) is 24.6. The Kier molecular flexibility index (Phi) is 6.59. The van der Waals surface area contributed by atoms with Gasteiger partial charge < -0.3 is 19.8 Å². The molecule has 148 valence electrons. The van der Waals surface area contributed by atoms with Gasteiger partial charge in [-0.25, -0.2) is 0 Å². The van der Waals surface area contributed by atoms with E-state index in [9.17, 15) is 9.59 Å². The molecular formula is C21H19N3O4S. The number of hydrogen-bond acceptors (Lipinski definition) is 5. The van der Waals surface area contributed by atoms with Crippen LogP contribution in [0.25, 0.3) is 0 Å². The van der Waals surface area contributed by atoms with Crippen LogP contribution in [0, 0.1) is 0 Å². The second kappa shape index (κ2) is 9.52. The fraction of sp³-hybridized carbons (Fsp3) is 0.0952. The predicted octanol–water partition coefficient (Wildman–Crippen LogP) is 4.06. The number of ether oxygens (including phenoxy) is 1.